The predicted molar refractivity (Wildman–Crippen MR) is 145 cm³/mol. The number of rotatable bonds is 6. The Morgan fingerprint density at radius 3 is 2.43 bits per heavy atom. The van der Waals surface area contributed by atoms with Crippen LogP contribution in [0.4, 0.5) is 5.13 Å². The number of hydrogen-bond acceptors (Lipinski definition) is 6. The van der Waals surface area contributed by atoms with Gasteiger partial charge in [0.2, 0.25) is 0 Å². The van der Waals surface area contributed by atoms with E-state index in [1.807, 2.05) is 30.3 Å². The minimum Gasteiger partial charge on any atom is -0.508 e. The van der Waals surface area contributed by atoms with Gasteiger partial charge in [0.15, 0.2) is 13.5 Å². The molecule has 35 heavy (non-hydrogen) atoms. The van der Waals surface area contributed by atoms with Gasteiger partial charge < -0.3 is 20.2 Å². The van der Waals surface area contributed by atoms with Crippen LogP contribution in [-0.4, -0.2) is 19.9 Å². The molecular formula is C28H31N2O3PS. The van der Waals surface area contributed by atoms with Crippen molar-refractivity contribution in [1.29, 1.82) is 0 Å². The molecule has 5 nitrogen and oxygen atoms in total. The van der Waals surface area contributed by atoms with Crippen LogP contribution >= 0.6 is 19.7 Å². The highest BCUT2D eigenvalue weighted by atomic mass is 32.1. The lowest BCUT2D eigenvalue weighted by molar-refractivity contribution is 0.220. The fourth-order valence-corrected chi connectivity index (χ4v) is 7.70. The van der Waals surface area contributed by atoms with Crippen LogP contribution in [-0.2, 0) is 5.41 Å². The molecule has 0 aliphatic heterocycles. The largest absolute Gasteiger partial charge is 0.508 e. The zero-order valence-electron chi connectivity index (χ0n) is 20.4. The van der Waals surface area contributed by atoms with Gasteiger partial charge in [-0.3, -0.25) is 0 Å². The van der Waals surface area contributed by atoms with E-state index in [1.165, 1.54) is 33.6 Å². The summed E-state index contributed by atoms with van der Waals surface area (Å²) in [5.41, 5.74) is 7.16. The summed E-state index contributed by atoms with van der Waals surface area (Å²) in [6, 6.07) is 15.6. The summed E-state index contributed by atoms with van der Waals surface area (Å²) in [7, 11) is -2.41. The van der Waals surface area contributed by atoms with Crippen LogP contribution in [0.15, 0.2) is 53.9 Å². The molecule has 3 aromatic carbocycles. The van der Waals surface area contributed by atoms with Crippen molar-refractivity contribution in [2.75, 3.05) is 5.32 Å². The van der Waals surface area contributed by atoms with Crippen LogP contribution < -0.4 is 5.32 Å². The Balaban J connectivity index is 1.37. The molecule has 1 aromatic heterocycles. The van der Waals surface area contributed by atoms with E-state index in [0.717, 1.165) is 29.3 Å². The molecule has 1 saturated carbocycles. The first-order valence-corrected chi connectivity index (χ1v) is 14.0. The number of nitrogens with one attached hydrogen (secondary N) is 1. The van der Waals surface area contributed by atoms with E-state index in [1.54, 1.807) is 6.07 Å². The van der Waals surface area contributed by atoms with Crippen LogP contribution in [0, 0.1) is 20.8 Å². The molecule has 0 spiro atoms. The Bertz CT molecular complexity index is 1370. The summed E-state index contributed by atoms with van der Waals surface area (Å²) in [5.74, 6) is -0.437. The van der Waals surface area contributed by atoms with E-state index >= 15 is 0 Å². The number of thiazole rings is 1. The number of fused-ring (bicyclic) bond motifs is 1. The maximum Gasteiger partial charge on any atom is 0.194 e. The van der Waals surface area contributed by atoms with Crippen molar-refractivity contribution in [2.45, 2.75) is 57.7 Å². The van der Waals surface area contributed by atoms with Crippen molar-refractivity contribution in [3.05, 3.63) is 87.4 Å². The van der Waals surface area contributed by atoms with Crippen molar-refractivity contribution in [2.24, 2.45) is 0 Å². The van der Waals surface area contributed by atoms with Gasteiger partial charge in [0, 0.05) is 16.9 Å². The van der Waals surface area contributed by atoms with Gasteiger partial charge >= 0.3 is 0 Å². The molecule has 0 bridgehead atoms. The lowest BCUT2D eigenvalue weighted by atomic mass is 9.57. The quantitative estimate of drug-likeness (QED) is 0.208. The molecule has 1 heterocycles. The van der Waals surface area contributed by atoms with Crippen LogP contribution in [0.5, 0.6) is 5.75 Å². The van der Waals surface area contributed by atoms with Crippen LogP contribution in [0.2, 0.25) is 0 Å². The van der Waals surface area contributed by atoms with E-state index < -0.39 is 14.2 Å². The average Bonchev–Trinajstić information content (AvgIpc) is 3.23. The number of hydrogen-bond donors (Lipinski definition) is 4. The first-order chi connectivity index (χ1) is 16.7. The van der Waals surface area contributed by atoms with Gasteiger partial charge in [-0.1, -0.05) is 55.0 Å². The maximum atomic E-state index is 10.6. The zero-order chi connectivity index (χ0) is 24.9. The van der Waals surface area contributed by atoms with Crippen molar-refractivity contribution < 1.29 is 14.9 Å². The van der Waals surface area contributed by atoms with Gasteiger partial charge in [0.1, 0.15) is 11.5 Å². The first-order valence-electron chi connectivity index (χ1n) is 11.8. The SMILES string of the molecule is Cc1cc(C)c(C2(C)CC(c3csc(NC(c4c(O)ccc5ccccc45)P(O)O)n3)C2)c(C)c1. The highest BCUT2D eigenvalue weighted by molar-refractivity contribution is 7.45. The minimum absolute atomic E-state index is 0.0344. The molecule has 7 heteroatoms. The van der Waals surface area contributed by atoms with Crippen molar-refractivity contribution in [1.82, 2.24) is 4.98 Å². The molecule has 5 rings (SSSR count). The lowest BCUT2D eigenvalue weighted by Gasteiger charge is -2.47. The second kappa shape index (κ2) is 9.18. The number of anilines is 1. The molecule has 1 unspecified atom stereocenters. The molecule has 182 valence electrons. The van der Waals surface area contributed by atoms with Crippen LogP contribution in [0.1, 0.15) is 65.0 Å². The number of aromatic nitrogens is 1. The monoisotopic (exact) mass is 506 g/mol. The minimum atomic E-state index is -2.41. The fourth-order valence-electron chi connectivity index (χ4n) is 6.05. The van der Waals surface area contributed by atoms with E-state index in [4.69, 9.17) is 4.98 Å². The molecule has 4 N–H and O–H groups in total. The first kappa shape index (κ1) is 24.2. The van der Waals surface area contributed by atoms with Gasteiger partial charge in [-0.2, -0.15) is 0 Å². The van der Waals surface area contributed by atoms with E-state index in [9.17, 15) is 14.9 Å². The number of aryl methyl sites for hydroxylation is 3. The van der Waals surface area contributed by atoms with Crippen LogP contribution in [0.25, 0.3) is 10.8 Å². The van der Waals surface area contributed by atoms with Gasteiger partial charge in [0.05, 0.1) is 5.69 Å². The number of aromatic hydroxyl groups is 1. The third-order valence-electron chi connectivity index (χ3n) is 7.33. The second-order valence-electron chi connectivity index (χ2n) is 10.1. The topological polar surface area (TPSA) is 85.6 Å². The summed E-state index contributed by atoms with van der Waals surface area (Å²) < 4.78 is 0. The number of benzene rings is 3. The molecule has 0 amide bonds. The Kier molecular flexibility index (Phi) is 6.35. The smallest absolute Gasteiger partial charge is 0.194 e. The van der Waals surface area contributed by atoms with E-state index in [-0.39, 0.29) is 11.2 Å². The number of phenolic OH excluding ortho intramolecular Hbond substituents is 1. The Morgan fingerprint density at radius 2 is 1.74 bits per heavy atom. The molecule has 1 aliphatic rings. The maximum absolute atomic E-state index is 10.6. The number of nitrogens with zero attached hydrogens (tertiary/aromatic N) is 1. The highest BCUT2D eigenvalue weighted by Gasteiger charge is 2.44. The highest BCUT2D eigenvalue weighted by Crippen LogP contribution is 2.55. The normalized spacial score (nSPS) is 20.7. The summed E-state index contributed by atoms with van der Waals surface area (Å²) >= 11 is 1.47. The summed E-state index contributed by atoms with van der Waals surface area (Å²) in [4.78, 5) is 25.4. The van der Waals surface area contributed by atoms with Crippen molar-refractivity contribution >= 4 is 35.6 Å². The van der Waals surface area contributed by atoms with Gasteiger partial charge in [-0.05, 0) is 72.6 Å². The Hall–Kier alpha value is -2.50. The Morgan fingerprint density at radius 1 is 1.06 bits per heavy atom. The molecule has 1 fully saturated rings. The zero-order valence-corrected chi connectivity index (χ0v) is 22.1. The molecule has 0 saturated heterocycles. The van der Waals surface area contributed by atoms with Gasteiger partial charge in [-0.25, -0.2) is 4.98 Å². The molecule has 1 atom stereocenters. The molecule has 0 radical (unpaired) electrons. The number of phenols is 1. The summed E-state index contributed by atoms with van der Waals surface area (Å²) in [6.45, 7) is 8.92. The van der Waals surface area contributed by atoms with E-state index in [2.05, 4.69) is 50.5 Å². The van der Waals surface area contributed by atoms with Crippen LogP contribution in [0.3, 0.4) is 0 Å². The molecular weight excluding hydrogens is 475 g/mol. The standard InChI is InChI=1S/C28H31N2O3PS/c1-16-11-17(2)25(18(3)12-16)28(4)13-20(14-28)22-15-35-27(29-22)30-26(34(32)33)24-21-8-6-5-7-19(21)9-10-23(24)31/h5-12,15,20,26,31-33H,13-14H2,1-4H3,(H,29,30). The fraction of sp³-hybridized carbons (Fsp3) is 0.321. The average molecular weight is 507 g/mol. The predicted octanol–water partition coefficient (Wildman–Crippen LogP) is 7.17. The van der Waals surface area contributed by atoms with Crippen molar-refractivity contribution in [3.8, 4) is 5.75 Å². The lowest BCUT2D eigenvalue weighted by Crippen LogP contribution is -2.38. The van der Waals surface area contributed by atoms with E-state index in [0.29, 0.717) is 16.6 Å². The summed E-state index contributed by atoms with van der Waals surface area (Å²) in [6.07, 6.45) is 2.09. The second-order valence-corrected chi connectivity index (χ2v) is 12.1. The molecule has 1 aliphatic carbocycles. The summed E-state index contributed by atoms with van der Waals surface area (Å²) in [5, 5.41) is 18.2. The van der Waals surface area contributed by atoms with Gasteiger partial charge in [-0.15, -0.1) is 11.3 Å². The van der Waals surface area contributed by atoms with Gasteiger partial charge in [0.25, 0.3) is 0 Å². The Labute approximate surface area is 211 Å². The third-order valence-corrected chi connectivity index (χ3v) is 8.97. The van der Waals surface area contributed by atoms with Crippen molar-refractivity contribution in [3.63, 3.8) is 0 Å². The molecule has 4 aromatic rings. The third kappa shape index (κ3) is 4.45.